The van der Waals surface area contributed by atoms with Gasteiger partial charge in [0.25, 0.3) is 5.56 Å². The normalized spacial score (nSPS) is 12.3. The lowest BCUT2D eigenvalue weighted by Crippen LogP contribution is -2.39. The van der Waals surface area contributed by atoms with Gasteiger partial charge in [-0.25, -0.2) is 4.98 Å². The molecule has 1 aromatic carbocycles. The Morgan fingerprint density at radius 1 is 1.03 bits per heavy atom. The molecule has 3 aromatic rings. The van der Waals surface area contributed by atoms with E-state index in [9.17, 15) is 4.79 Å². The molecule has 2 heterocycles. The Morgan fingerprint density at radius 3 is 2.28 bits per heavy atom. The zero-order valence-electron chi connectivity index (χ0n) is 23.9. The van der Waals surface area contributed by atoms with Crippen LogP contribution < -0.4 is 16.6 Å². The van der Waals surface area contributed by atoms with Gasteiger partial charge in [-0.15, -0.1) is 0 Å². The van der Waals surface area contributed by atoms with Gasteiger partial charge in [0.2, 0.25) is 5.95 Å². The largest absolute Gasteiger partial charge is 0.375 e. The second-order valence-electron chi connectivity index (χ2n) is 10.3. The van der Waals surface area contributed by atoms with E-state index in [1.807, 2.05) is 0 Å². The summed E-state index contributed by atoms with van der Waals surface area (Å²) in [5.41, 5.74) is 6.75. The number of hydrogen-bond acceptors (Lipinski definition) is 6. The van der Waals surface area contributed by atoms with Crippen molar-refractivity contribution in [3.8, 4) is 11.1 Å². The molecule has 0 unspecified atom stereocenters. The standard InChI is InChI=1S/C30H43Cl2N5O2/c1-6-29(7-2,15-12-18-39-30(8-3,9-4)16-11-17-33)36-28-34-20-21-19-22(27(38)37(5)26(21)35-28)25-23(31)13-10-14-24(25)32/h10,13-14,19-20H,6-9,11-12,15-18,33H2,1-5H3,(H,34,35,36). The average Bonchev–Trinajstić information content (AvgIpc) is 2.95. The molecule has 0 amide bonds. The second kappa shape index (κ2) is 13.9. The van der Waals surface area contributed by atoms with Crippen LogP contribution in [-0.4, -0.2) is 38.8 Å². The van der Waals surface area contributed by atoms with Crippen molar-refractivity contribution >= 4 is 40.2 Å². The van der Waals surface area contributed by atoms with Crippen molar-refractivity contribution in [2.45, 2.75) is 90.2 Å². The zero-order chi connectivity index (χ0) is 28.6. The van der Waals surface area contributed by atoms with Crippen LogP contribution in [0.4, 0.5) is 5.95 Å². The number of anilines is 1. The van der Waals surface area contributed by atoms with Gasteiger partial charge in [-0.1, -0.05) is 57.0 Å². The number of aromatic nitrogens is 3. The number of benzene rings is 1. The number of aryl methyl sites for hydroxylation is 1. The summed E-state index contributed by atoms with van der Waals surface area (Å²) < 4.78 is 7.97. The highest BCUT2D eigenvalue weighted by Gasteiger charge is 2.29. The van der Waals surface area contributed by atoms with E-state index in [1.165, 1.54) is 4.57 Å². The summed E-state index contributed by atoms with van der Waals surface area (Å²) in [6.07, 6.45) is 9.36. The first kappa shape index (κ1) is 31.3. The third-order valence-corrected chi connectivity index (χ3v) is 8.87. The molecule has 214 valence electrons. The molecule has 0 radical (unpaired) electrons. The van der Waals surface area contributed by atoms with Crippen LogP contribution in [0.25, 0.3) is 22.2 Å². The van der Waals surface area contributed by atoms with E-state index < -0.39 is 0 Å². The minimum absolute atomic E-state index is 0.0901. The highest BCUT2D eigenvalue weighted by molar-refractivity contribution is 6.39. The summed E-state index contributed by atoms with van der Waals surface area (Å²) in [4.78, 5) is 22.7. The predicted molar refractivity (Wildman–Crippen MR) is 164 cm³/mol. The van der Waals surface area contributed by atoms with Crippen LogP contribution in [-0.2, 0) is 11.8 Å². The van der Waals surface area contributed by atoms with Crippen LogP contribution in [0, 0.1) is 0 Å². The monoisotopic (exact) mass is 575 g/mol. The van der Waals surface area contributed by atoms with E-state index >= 15 is 0 Å². The minimum Gasteiger partial charge on any atom is -0.375 e. The van der Waals surface area contributed by atoms with Crippen molar-refractivity contribution in [2.75, 3.05) is 18.5 Å². The lowest BCUT2D eigenvalue weighted by molar-refractivity contribution is -0.0604. The molecular formula is C30H43Cl2N5O2. The third kappa shape index (κ3) is 7.12. The van der Waals surface area contributed by atoms with Gasteiger partial charge < -0.3 is 15.8 Å². The molecule has 0 atom stereocenters. The fourth-order valence-electron chi connectivity index (χ4n) is 5.32. The third-order valence-electron chi connectivity index (χ3n) is 8.24. The zero-order valence-corrected chi connectivity index (χ0v) is 25.5. The first-order valence-corrected chi connectivity index (χ1v) is 14.9. The summed E-state index contributed by atoms with van der Waals surface area (Å²) in [6, 6.07) is 6.96. The van der Waals surface area contributed by atoms with Crippen molar-refractivity contribution in [1.82, 2.24) is 14.5 Å². The minimum atomic E-state index is -0.221. The molecule has 0 aliphatic rings. The lowest BCUT2D eigenvalue weighted by Gasteiger charge is -2.35. The van der Waals surface area contributed by atoms with Crippen molar-refractivity contribution in [2.24, 2.45) is 12.8 Å². The maximum absolute atomic E-state index is 13.3. The molecular weight excluding hydrogens is 533 g/mol. The summed E-state index contributed by atoms with van der Waals surface area (Å²) in [6.45, 7) is 10.1. The molecule has 0 spiro atoms. The number of rotatable bonds is 15. The highest BCUT2D eigenvalue weighted by atomic mass is 35.5. The molecule has 3 N–H and O–H groups in total. The number of nitrogens with zero attached hydrogens (tertiary/aromatic N) is 3. The van der Waals surface area contributed by atoms with Crippen molar-refractivity contribution in [1.29, 1.82) is 0 Å². The maximum atomic E-state index is 13.3. The summed E-state index contributed by atoms with van der Waals surface area (Å²) in [5.74, 6) is 0.505. The Hall–Kier alpha value is -2.19. The number of hydrogen-bond donors (Lipinski definition) is 2. The quantitative estimate of drug-likeness (QED) is 0.184. The molecule has 0 aliphatic carbocycles. The van der Waals surface area contributed by atoms with Crippen LogP contribution >= 0.6 is 23.2 Å². The van der Waals surface area contributed by atoms with Gasteiger partial charge in [-0.05, 0) is 76.1 Å². The van der Waals surface area contributed by atoms with E-state index in [0.29, 0.717) is 45.9 Å². The summed E-state index contributed by atoms with van der Waals surface area (Å²) in [5, 5.41) is 5.18. The van der Waals surface area contributed by atoms with Crippen molar-refractivity contribution < 1.29 is 4.74 Å². The highest BCUT2D eigenvalue weighted by Crippen LogP contribution is 2.34. The average molecular weight is 577 g/mol. The van der Waals surface area contributed by atoms with Gasteiger partial charge in [-0.3, -0.25) is 9.36 Å². The number of nitrogens with two attached hydrogens (primary N) is 1. The molecule has 0 saturated carbocycles. The fourth-order valence-corrected chi connectivity index (χ4v) is 5.93. The molecule has 39 heavy (non-hydrogen) atoms. The fraction of sp³-hybridized carbons (Fsp3) is 0.567. The Balaban J connectivity index is 1.82. The Kier molecular flexibility index (Phi) is 11.2. The number of nitrogens with one attached hydrogen (secondary N) is 1. The molecule has 0 bridgehead atoms. The van der Waals surface area contributed by atoms with Gasteiger partial charge >= 0.3 is 0 Å². The molecule has 0 fully saturated rings. The van der Waals surface area contributed by atoms with Crippen molar-refractivity contribution in [3.63, 3.8) is 0 Å². The first-order valence-electron chi connectivity index (χ1n) is 14.1. The Bertz CT molecular complexity index is 1280. The summed E-state index contributed by atoms with van der Waals surface area (Å²) in [7, 11) is 1.71. The molecule has 0 aliphatic heterocycles. The summed E-state index contributed by atoms with van der Waals surface area (Å²) >= 11 is 12.8. The first-order chi connectivity index (χ1) is 18.7. The van der Waals surface area contributed by atoms with Gasteiger partial charge in [-0.2, -0.15) is 4.98 Å². The second-order valence-corrected chi connectivity index (χ2v) is 11.2. The van der Waals surface area contributed by atoms with E-state index in [1.54, 1.807) is 37.5 Å². The van der Waals surface area contributed by atoms with E-state index in [0.717, 1.165) is 56.8 Å². The predicted octanol–water partition coefficient (Wildman–Crippen LogP) is 7.37. The number of pyridine rings is 1. The number of halogens is 2. The SMILES string of the molecule is CCC(CC)(CCCOC(CC)(CC)CCCN)Nc1ncc2cc(-c3c(Cl)cccc3Cl)c(=O)n(C)c2n1. The van der Waals surface area contributed by atoms with Crippen molar-refractivity contribution in [3.05, 3.63) is 50.9 Å². The van der Waals surface area contributed by atoms with Crippen LogP contribution in [0.2, 0.25) is 10.0 Å². The van der Waals surface area contributed by atoms with Gasteiger partial charge in [0.15, 0.2) is 0 Å². The van der Waals surface area contributed by atoms with Crippen LogP contribution in [0.3, 0.4) is 0 Å². The number of fused-ring (bicyclic) bond motifs is 1. The molecule has 9 heteroatoms. The lowest BCUT2D eigenvalue weighted by atomic mass is 9.87. The molecule has 7 nitrogen and oxygen atoms in total. The van der Waals surface area contributed by atoms with E-state index in [4.69, 9.17) is 38.7 Å². The van der Waals surface area contributed by atoms with Gasteiger partial charge in [0.1, 0.15) is 5.65 Å². The van der Waals surface area contributed by atoms with Crippen LogP contribution in [0.5, 0.6) is 0 Å². The topological polar surface area (TPSA) is 95.1 Å². The Morgan fingerprint density at radius 2 is 1.69 bits per heavy atom. The van der Waals surface area contributed by atoms with Crippen LogP contribution in [0.15, 0.2) is 35.3 Å². The Labute approximate surface area is 242 Å². The molecule has 3 rings (SSSR count). The van der Waals surface area contributed by atoms with E-state index in [-0.39, 0.29) is 16.7 Å². The van der Waals surface area contributed by atoms with Gasteiger partial charge in [0.05, 0.1) is 21.2 Å². The van der Waals surface area contributed by atoms with Crippen LogP contribution in [0.1, 0.15) is 79.1 Å². The van der Waals surface area contributed by atoms with E-state index in [2.05, 4.69) is 38.0 Å². The molecule has 2 aromatic heterocycles. The smallest absolute Gasteiger partial charge is 0.259 e. The molecule has 0 saturated heterocycles. The maximum Gasteiger partial charge on any atom is 0.259 e. The number of ether oxygens (including phenoxy) is 1. The van der Waals surface area contributed by atoms with Gasteiger partial charge in [0, 0.05) is 36.3 Å².